The number of hydrogen-bond acceptors (Lipinski definition) is 3. The quantitative estimate of drug-likeness (QED) is 0.219. The van der Waals surface area contributed by atoms with Crippen LogP contribution in [-0.4, -0.2) is 66.0 Å². The van der Waals surface area contributed by atoms with Crippen LogP contribution < -0.4 is 10.6 Å². The molecular weight excluding hydrogens is 508 g/mol. The van der Waals surface area contributed by atoms with Crippen molar-refractivity contribution < 1.29 is 14.1 Å². The summed E-state index contributed by atoms with van der Waals surface area (Å²) in [5, 5.41) is 6.51. The number of aryl methyl sites for hydroxylation is 4. The molecule has 6 nitrogen and oxygen atoms in total. The Labute approximate surface area is 248 Å². The third-order valence-corrected chi connectivity index (χ3v) is 9.46. The van der Waals surface area contributed by atoms with E-state index in [-0.39, 0.29) is 23.9 Å². The number of nitrogens with zero attached hydrogens (tertiary/aromatic N) is 2. The fraction of sp³-hybridized carbons (Fsp3) is 0.600. The number of rotatable bonds is 12. The van der Waals surface area contributed by atoms with Crippen LogP contribution in [0.3, 0.4) is 0 Å². The summed E-state index contributed by atoms with van der Waals surface area (Å²) in [6, 6.07) is 12.3. The number of benzene rings is 2. The summed E-state index contributed by atoms with van der Waals surface area (Å²) >= 11 is 0. The second-order valence-electron chi connectivity index (χ2n) is 12.8. The van der Waals surface area contributed by atoms with Crippen LogP contribution in [-0.2, 0) is 9.59 Å². The Morgan fingerprint density at radius 1 is 0.829 bits per heavy atom. The van der Waals surface area contributed by atoms with Crippen molar-refractivity contribution in [2.24, 2.45) is 0 Å². The predicted octanol–water partition coefficient (Wildman–Crippen LogP) is 6.91. The highest BCUT2D eigenvalue weighted by atomic mass is 16.2. The topological polar surface area (TPSA) is 61.4 Å². The van der Waals surface area contributed by atoms with Gasteiger partial charge < -0.3 is 15.1 Å². The van der Waals surface area contributed by atoms with Gasteiger partial charge in [-0.1, -0.05) is 55.2 Å². The van der Waals surface area contributed by atoms with Gasteiger partial charge in [-0.25, -0.2) is 0 Å². The van der Waals surface area contributed by atoms with Crippen molar-refractivity contribution in [3.05, 3.63) is 58.7 Å². The zero-order valence-corrected chi connectivity index (χ0v) is 26.2. The van der Waals surface area contributed by atoms with Crippen LogP contribution >= 0.6 is 0 Å². The Morgan fingerprint density at radius 3 is 2.24 bits per heavy atom. The Bertz CT molecular complexity index is 1150. The Hall–Kier alpha value is -2.70. The summed E-state index contributed by atoms with van der Waals surface area (Å²) in [7, 11) is 0. The lowest BCUT2D eigenvalue weighted by molar-refractivity contribution is -0.931. The van der Waals surface area contributed by atoms with Crippen molar-refractivity contribution >= 4 is 23.2 Å². The smallest absolute Gasteiger partial charge is 0.282 e. The molecule has 2 saturated heterocycles. The summed E-state index contributed by atoms with van der Waals surface area (Å²) in [5.74, 6) is 0.315. The fourth-order valence-electron chi connectivity index (χ4n) is 7.27. The average Bonchev–Trinajstić information content (AvgIpc) is 3.37. The van der Waals surface area contributed by atoms with Gasteiger partial charge in [0.25, 0.3) is 5.91 Å². The molecule has 0 aromatic heterocycles. The molecule has 2 aromatic rings. The number of carbonyl (C=O) groups excluding carboxylic acids is 2. The zero-order chi connectivity index (χ0) is 29.4. The molecule has 0 bridgehead atoms. The number of likely N-dealkylation sites (tertiary alicyclic amines) is 2. The first kappa shape index (κ1) is 31.2. The van der Waals surface area contributed by atoms with Gasteiger partial charge in [0.15, 0.2) is 6.04 Å². The normalized spacial score (nSPS) is 23.0. The standard InChI is InChI=1S/C35H52N4O2/c1-6-7-21-39(23-12-14-32(39)35(41)37-33-28(4)24-27(3)25-29(33)5)22-11-10-20-38-19-9-8-13-31(38)34(40)36-30-17-15-26(2)16-18-30/h15-18,24-25,31-32H,6-14,19-23H2,1-5H3,(H-,36,37,40,41)/p+1. The van der Waals surface area contributed by atoms with Crippen molar-refractivity contribution in [3.8, 4) is 0 Å². The van der Waals surface area contributed by atoms with Crippen LogP contribution in [0.1, 0.15) is 87.0 Å². The van der Waals surface area contributed by atoms with Crippen LogP contribution in [0.4, 0.5) is 11.4 Å². The second-order valence-corrected chi connectivity index (χ2v) is 12.8. The molecule has 2 fully saturated rings. The van der Waals surface area contributed by atoms with E-state index in [9.17, 15) is 9.59 Å². The summed E-state index contributed by atoms with van der Waals surface area (Å²) < 4.78 is 0.918. The molecule has 0 saturated carbocycles. The van der Waals surface area contributed by atoms with Gasteiger partial charge in [-0.05, 0) is 96.1 Å². The van der Waals surface area contributed by atoms with E-state index < -0.39 is 0 Å². The number of unbranched alkanes of at least 4 members (excludes halogenated alkanes) is 2. The van der Waals surface area contributed by atoms with Gasteiger partial charge in [0.05, 0.1) is 25.7 Å². The van der Waals surface area contributed by atoms with E-state index in [4.69, 9.17) is 0 Å². The van der Waals surface area contributed by atoms with Gasteiger partial charge in [-0.2, -0.15) is 0 Å². The first-order valence-corrected chi connectivity index (χ1v) is 16.1. The van der Waals surface area contributed by atoms with E-state index in [2.05, 4.69) is 62.3 Å². The molecule has 2 heterocycles. The number of anilines is 2. The van der Waals surface area contributed by atoms with Gasteiger partial charge in [-0.3, -0.25) is 14.5 Å². The first-order valence-electron chi connectivity index (χ1n) is 16.1. The van der Waals surface area contributed by atoms with Crippen LogP contribution in [0, 0.1) is 27.7 Å². The van der Waals surface area contributed by atoms with E-state index in [1.165, 1.54) is 11.1 Å². The maximum Gasteiger partial charge on any atom is 0.282 e. The van der Waals surface area contributed by atoms with Gasteiger partial charge in [-0.15, -0.1) is 0 Å². The second kappa shape index (κ2) is 14.5. The highest BCUT2D eigenvalue weighted by Crippen LogP contribution is 2.31. The number of nitrogens with one attached hydrogen (secondary N) is 2. The molecule has 0 spiro atoms. The Morgan fingerprint density at radius 2 is 1.54 bits per heavy atom. The molecule has 6 heteroatoms. The lowest BCUT2D eigenvalue weighted by Crippen LogP contribution is -2.57. The van der Waals surface area contributed by atoms with Crippen molar-refractivity contribution in [1.29, 1.82) is 0 Å². The molecular formula is C35H53N4O2+. The van der Waals surface area contributed by atoms with E-state index in [1.807, 2.05) is 24.3 Å². The largest absolute Gasteiger partial charge is 0.325 e. The highest BCUT2D eigenvalue weighted by molar-refractivity contribution is 5.96. The highest BCUT2D eigenvalue weighted by Gasteiger charge is 2.45. The third kappa shape index (κ3) is 7.98. The zero-order valence-electron chi connectivity index (χ0n) is 26.2. The number of carbonyl (C=O) groups is 2. The van der Waals surface area contributed by atoms with Gasteiger partial charge >= 0.3 is 0 Å². The molecule has 2 amide bonds. The van der Waals surface area contributed by atoms with Crippen LogP contribution in [0.2, 0.25) is 0 Å². The lowest BCUT2D eigenvalue weighted by atomic mass is 10.0. The van der Waals surface area contributed by atoms with E-state index >= 15 is 0 Å². The predicted molar refractivity (Wildman–Crippen MR) is 170 cm³/mol. The van der Waals surface area contributed by atoms with Crippen molar-refractivity contribution in [2.75, 3.05) is 43.4 Å². The third-order valence-electron chi connectivity index (χ3n) is 9.46. The van der Waals surface area contributed by atoms with Gasteiger partial charge in [0, 0.05) is 24.2 Å². The minimum atomic E-state index is -0.0559. The lowest BCUT2D eigenvalue weighted by Gasteiger charge is -2.40. The molecule has 2 aliphatic rings. The minimum absolute atomic E-state index is 0.0182. The Balaban J connectivity index is 1.36. The molecule has 3 unspecified atom stereocenters. The molecule has 41 heavy (non-hydrogen) atoms. The molecule has 2 N–H and O–H groups in total. The summed E-state index contributed by atoms with van der Waals surface area (Å²) in [4.78, 5) is 29.4. The molecule has 2 aliphatic heterocycles. The number of quaternary nitrogens is 1. The number of piperidine rings is 1. The molecule has 224 valence electrons. The van der Waals surface area contributed by atoms with Crippen LogP contribution in [0.15, 0.2) is 36.4 Å². The monoisotopic (exact) mass is 561 g/mol. The SMILES string of the molecule is CCCC[N+]1(CCCCN2CCCCC2C(=O)Nc2ccc(C)cc2)CCCC1C(=O)Nc1c(C)cc(C)cc1C. The van der Waals surface area contributed by atoms with Crippen molar-refractivity contribution in [3.63, 3.8) is 0 Å². The van der Waals surface area contributed by atoms with Gasteiger partial charge in [0.2, 0.25) is 5.91 Å². The number of hydrogen-bond donors (Lipinski definition) is 2. The minimum Gasteiger partial charge on any atom is -0.325 e. The van der Waals surface area contributed by atoms with Crippen LogP contribution in [0.25, 0.3) is 0 Å². The number of amides is 2. The van der Waals surface area contributed by atoms with Crippen molar-refractivity contribution in [2.45, 2.75) is 104 Å². The average molecular weight is 562 g/mol. The molecule has 0 radical (unpaired) electrons. The summed E-state index contributed by atoms with van der Waals surface area (Å²) in [5.41, 5.74) is 6.57. The van der Waals surface area contributed by atoms with Crippen LogP contribution in [0.5, 0.6) is 0 Å². The van der Waals surface area contributed by atoms with Gasteiger partial charge in [0.1, 0.15) is 0 Å². The Kier molecular flexibility index (Phi) is 11.0. The maximum atomic E-state index is 13.8. The molecule has 0 aliphatic carbocycles. The van der Waals surface area contributed by atoms with E-state index in [1.54, 1.807) is 0 Å². The first-order chi connectivity index (χ1) is 19.7. The maximum absolute atomic E-state index is 13.8. The molecule has 3 atom stereocenters. The summed E-state index contributed by atoms with van der Waals surface area (Å²) in [6.07, 6.45) is 9.71. The summed E-state index contributed by atoms with van der Waals surface area (Å²) in [6.45, 7) is 15.7. The van der Waals surface area contributed by atoms with E-state index in [0.717, 1.165) is 117 Å². The fourth-order valence-corrected chi connectivity index (χ4v) is 7.27. The van der Waals surface area contributed by atoms with E-state index in [0.29, 0.717) is 0 Å². The molecule has 2 aromatic carbocycles. The molecule has 4 rings (SSSR count). The van der Waals surface area contributed by atoms with Crippen molar-refractivity contribution in [1.82, 2.24) is 4.90 Å².